The minimum atomic E-state index is -1.41. The van der Waals surface area contributed by atoms with Crippen molar-refractivity contribution >= 4 is 17.7 Å². The third-order valence-electron chi connectivity index (χ3n) is 11.8. The minimum Gasteiger partial charge on any atom is -0.481 e. The number of esters is 1. The molecule has 0 amide bonds. The Hall–Kier alpha value is -1.95. The van der Waals surface area contributed by atoms with Gasteiger partial charge in [0.25, 0.3) is 0 Å². The number of aliphatic hydroxyl groups is 1. The molecule has 4 aliphatic carbocycles. The number of carboxylic acids is 1. The highest BCUT2D eigenvalue weighted by molar-refractivity contribution is 5.89. The van der Waals surface area contributed by atoms with Crippen LogP contribution in [0.2, 0.25) is 0 Å². The van der Waals surface area contributed by atoms with Gasteiger partial charge in [-0.3, -0.25) is 14.4 Å². The molecule has 6 nitrogen and oxygen atoms in total. The smallest absolute Gasteiger partial charge is 0.312 e. The summed E-state index contributed by atoms with van der Waals surface area (Å²) in [6.07, 6.45) is 5.57. The van der Waals surface area contributed by atoms with Crippen LogP contribution in [0.15, 0.2) is 23.8 Å². The third kappa shape index (κ3) is 4.20. The number of allylic oxidation sites excluding steroid dienone is 2. The first-order valence-electron chi connectivity index (χ1n) is 14.6. The topological polar surface area (TPSA) is 101 Å². The van der Waals surface area contributed by atoms with Crippen molar-refractivity contribution < 1.29 is 29.3 Å². The maximum Gasteiger partial charge on any atom is 0.312 e. The maximum atomic E-state index is 14.0. The van der Waals surface area contributed by atoms with Crippen molar-refractivity contribution in [3.8, 4) is 0 Å². The molecule has 0 saturated heterocycles. The van der Waals surface area contributed by atoms with Crippen molar-refractivity contribution in [1.29, 1.82) is 0 Å². The normalized spacial score (nSPS) is 43.0. The average molecular weight is 529 g/mol. The highest BCUT2D eigenvalue weighted by Gasteiger charge is 2.68. The zero-order valence-electron chi connectivity index (χ0n) is 24.4. The van der Waals surface area contributed by atoms with Crippen molar-refractivity contribution in [2.75, 3.05) is 0 Å². The number of carboxylic acid groups (broad SMARTS) is 1. The van der Waals surface area contributed by atoms with E-state index in [0.717, 1.165) is 31.3 Å². The SMILES string of the molecule is C=C(CC[C@@H](C)[C@H]1CC[C@H]2[C@@H]3C(=O)C[C@H]4[C@](C)(C(=O)O)[C@@H](O)CC[C@]4(C)C3=C[C@@H](OC(C)=O)[C@]12C)C(C)C. The van der Waals surface area contributed by atoms with E-state index in [9.17, 15) is 24.6 Å². The second-order valence-electron chi connectivity index (χ2n) is 13.9. The average Bonchev–Trinajstić information content (AvgIpc) is 3.19. The van der Waals surface area contributed by atoms with Crippen molar-refractivity contribution in [2.45, 2.75) is 106 Å². The molecule has 0 aliphatic heterocycles. The first-order valence-corrected chi connectivity index (χ1v) is 14.6. The van der Waals surface area contributed by atoms with Crippen LogP contribution in [0.25, 0.3) is 0 Å². The van der Waals surface area contributed by atoms with Crippen LogP contribution in [0.3, 0.4) is 0 Å². The van der Waals surface area contributed by atoms with Crippen LogP contribution < -0.4 is 0 Å². The number of aliphatic hydroxyl groups excluding tert-OH is 1. The Balaban J connectivity index is 1.77. The molecule has 3 fully saturated rings. The van der Waals surface area contributed by atoms with Gasteiger partial charge < -0.3 is 14.9 Å². The molecule has 2 N–H and O–H groups in total. The number of Topliss-reactive ketones (excluding diaryl/α,β-unsaturated/α-hetero) is 1. The van der Waals surface area contributed by atoms with Gasteiger partial charge in [-0.05, 0) is 86.5 Å². The van der Waals surface area contributed by atoms with Crippen molar-refractivity contribution in [2.24, 2.45) is 51.8 Å². The minimum absolute atomic E-state index is 0.0424. The Morgan fingerprint density at radius 2 is 1.82 bits per heavy atom. The summed E-state index contributed by atoms with van der Waals surface area (Å²) in [5.74, 6) is -0.933. The number of carbonyl (C=O) groups is 3. The third-order valence-corrected chi connectivity index (χ3v) is 11.8. The molecule has 10 atom stereocenters. The summed E-state index contributed by atoms with van der Waals surface area (Å²) in [6, 6.07) is 0. The van der Waals surface area contributed by atoms with E-state index in [1.165, 1.54) is 12.5 Å². The fraction of sp³-hybridized carbons (Fsp3) is 0.781. The largest absolute Gasteiger partial charge is 0.481 e. The Morgan fingerprint density at radius 3 is 2.39 bits per heavy atom. The van der Waals surface area contributed by atoms with Gasteiger partial charge in [-0.2, -0.15) is 0 Å². The number of aliphatic carboxylic acids is 1. The van der Waals surface area contributed by atoms with Crippen LogP contribution in [0.1, 0.15) is 93.4 Å². The maximum absolute atomic E-state index is 14.0. The lowest BCUT2D eigenvalue weighted by Gasteiger charge is -2.61. The van der Waals surface area contributed by atoms with Crippen molar-refractivity contribution in [3.63, 3.8) is 0 Å². The first-order chi connectivity index (χ1) is 17.6. The molecule has 38 heavy (non-hydrogen) atoms. The van der Waals surface area contributed by atoms with Crippen LogP contribution in [-0.2, 0) is 19.1 Å². The monoisotopic (exact) mass is 528 g/mol. The van der Waals surface area contributed by atoms with Gasteiger partial charge in [-0.1, -0.05) is 52.3 Å². The fourth-order valence-corrected chi connectivity index (χ4v) is 9.16. The zero-order valence-corrected chi connectivity index (χ0v) is 24.4. The van der Waals surface area contributed by atoms with E-state index in [1.807, 2.05) is 6.08 Å². The van der Waals surface area contributed by atoms with Crippen LogP contribution in [0.4, 0.5) is 0 Å². The summed E-state index contributed by atoms with van der Waals surface area (Å²) in [5.41, 5.74) is -0.127. The number of hydrogen-bond donors (Lipinski definition) is 2. The van der Waals surface area contributed by atoms with E-state index in [0.29, 0.717) is 30.6 Å². The first kappa shape index (κ1) is 29.0. The molecular weight excluding hydrogens is 480 g/mol. The molecule has 0 unspecified atom stereocenters. The predicted octanol–water partition coefficient (Wildman–Crippen LogP) is 5.98. The molecule has 0 radical (unpaired) electrons. The van der Waals surface area contributed by atoms with Crippen LogP contribution in [0.5, 0.6) is 0 Å². The molecule has 0 bridgehead atoms. The molecule has 0 aromatic heterocycles. The number of ketones is 1. The summed E-state index contributed by atoms with van der Waals surface area (Å²) < 4.78 is 6.07. The Bertz CT molecular complexity index is 1040. The highest BCUT2D eigenvalue weighted by atomic mass is 16.5. The molecule has 212 valence electrons. The van der Waals surface area contributed by atoms with Gasteiger partial charge >= 0.3 is 11.9 Å². The van der Waals surface area contributed by atoms with Crippen molar-refractivity contribution in [3.05, 3.63) is 23.8 Å². The summed E-state index contributed by atoms with van der Waals surface area (Å²) in [5, 5.41) is 21.0. The lowest BCUT2D eigenvalue weighted by Crippen LogP contribution is -2.62. The fourth-order valence-electron chi connectivity index (χ4n) is 9.16. The number of carbonyl (C=O) groups excluding carboxylic acids is 2. The number of fused-ring (bicyclic) bond motifs is 5. The number of rotatable bonds is 7. The molecular formula is C32H48O6. The van der Waals surface area contributed by atoms with Gasteiger partial charge in [0.2, 0.25) is 0 Å². The van der Waals surface area contributed by atoms with Crippen molar-refractivity contribution in [1.82, 2.24) is 0 Å². The number of ether oxygens (including phenoxy) is 1. The second kappa shape index (κ2) is 9.91. The predicted molar refractivity (Wildman–Crippen MR) is 146 cm³/mol. The summed E-state index contributed by atoms with van der Waals surface area (Å²) in [7, 11) is 0. The van der Waals surface area contributed by atoms with Crippen LogP contribution >= 0.6 is 0 Å². The zero-order chi connectivity index (χ0) is 28.4. The molecule has 0 aromatic carbocycles. The van der Waals surface area contributed by atoms with E-state index < -0.39 is 34.9 Å². The standard InChI is InChI=1S/C32H48O6/c1-17(2)18(3)9-10-19(4)21-11-12-22-28-23(15-27(31(21,22)7)38-20(5)33)30(6)14-13-26(35)32(8,29(36)37)25(30)16-24(28)34/h15,17,19,21-22,25-28,35H,3,9-14,16H2,1-2,4-8H3,(H,36,37)/t19-,21-,22+,25-,26+,27-,28+,30-,31-,32+/m1/s1. The van der Waals surface area contributed by atoms with E-state index in [4.69, 9.17) is 4.74 Å². The molecule has 0 spiro atoms. The highest BCUT2D eigenvalue weighted by Crippen LogP contribution is 2.68. The molecule has 0 aromatic rings. The quantitative estimate of drug-likeness (QED) is 0.312. The summed E-state index contributed by atoms with van der Waals surface area (Å²) in [6.45, 7) is 18.2. The van der Waals surface area contributed by atoms with E-state index in [-0.39, 0.29) is 35.4 Å². The van der Waals surface area contributed by atoms with Gasteiger partial charge in [0.05, 0.1) is 11.5 Å². The summed E-state index contributed by atoms with van der Waals surface area (Å²) >= 11 is 0. The van der Waals surface area contributed by atoms with Gasteiger partial charge in [0.15, 0.2) is 0 Å². The molecule has 6 heteroatoms. The Labute approximate surface area is 228 Å². The van der Waals surface area contributed by atoms with E-state index in [2.05, 4.69) is 41.2 Å². The van der Waals surface area contributed by atoms with Gasteiger partial charge in [-0.25, -0.2) is 0 Å². The molecule has 4 aliphatic rings. The van der Waals surface area contributed by atoms with Crippen LogP contribution in [-0.4, -0.2) is 40.1 Å². The Kier molecular flexibility index (Phi) is 7.57. The van der Waals surface area contributed by atoms with Gasteiger partial charge in [-0.15, -0.1) is 0 Å². The van der Waals surface area contributed by atoms with E-state index >= 15 is 0 Å². The van der Waals surface area contributed by atoms with E-state index in [1.54, 1.807) is 6.92 Å². The van der Waals surface area contributed by atoms with Crippen LogP contribution in [0, 0.1) is 51.8 Å². The van der Waals surface area contributed by atoms with Gasteiger partial charge in [0.1, 0.15) is 11.9 Å². The number of hydrogen-bond acceptors (Lipinski definition) is 5. The lowest BCUT2D eigenvalue weighted by atomic mass is 9.43. The summed E-state index contributed by atoms with van der Waals surface area (Å²) in [4.78, 5) is 38.9. The molecule has 4 rings (SSSR count). The Morgan fingerprint density at radius 1 is 1.16 bits per heavy atom. The van der Waals surface area contributed by atoms with Gasteiger partial charge in [0, 0.05) is 24.7 Å². The molecule has 3 saturated carbocycles. The molecule has 0 heterocycles. The lowest BCUT2D eigenvalue weighted by molar-refractivity contribution is -0.180. The second-order valence-corrected chi connectivity index (χ2v) is 13.9.